The molecule has 0 radical (unpaired) electrons. The van der Waals surface area contributed by atoms with Crippen LogP contribution in [-0.2, 0) is 25.8 Å². The van der Waals surface area contributed by atoms with Crippen LogP contribution in [0.5, 0.6) is 0 Å². The lowest BCUT2D eigenvalue weighted by Crippen LogP contribution is -2.37. The van der Waals surface area contributed by atoms with Crippen LogP contribution in [0, 0.1) is 6.92 Å². The van der Waals surface area contributed by atoms with E-state index in [0.29, 0.717) is 6.54 Å². The molecule has 2 rings (SSSR count). The van der Waals surface area contributed by atoms with Crippen LogP contribution in [0.4, 0.5) is 0 Å². The van der Waals surface area contributed by atoms with Crippen LogP contribution in [-0.4, -0.2) is 29.2 Å². The van der Waals surface area contributed by atoms with Crippen LogP contribution in [0.25, 0.3) is 0 Å². The number of unbranched alkanes of at least 4 members (excludes halogenated alkanes) is 1. The van der Waals surface area contributed by atoms with Crippen LogP contribution < -0.4 is 10.6 Å². The van der Waals surface area contributed by atoms with Crippen LogP contribution in [0.3, 0.4) is 0 Å². The van der Waals surface area contributed by atoms with Gasteiger partial charge in [-0.2, -0.15) is 0 Å². The first kappa shape index (κ1) is 20.4. The minimum absolute atomic E-state index is 0.601. The Hall–Kier alpha value is -1.89. The Kier molecular flexibility index (Phi) is 8.61. The molecule has 2 N–H and O–H groups in total. The molecule has 144 valence electrons. The van der Waals surface area contributed by atoms with Crippen molar-refractivity contribution >= 4 is 17.3 Å². The summed E-state index contributed by atoms with van der Waals surface area (Å²) in [6.07, 6.45) is 4.99. The summed E-state index contributed by atoms with van der Waals surface area (Å²) >= 11 is 1.75. The van der Waals surface area contributed by atoms with Crippen molar-refractivity contribution in [2.75, 3.05) is 13.1 Å². The fourth-order valence-electron chi connectivity index (χ4n) is 2.74. The number of rotatable bonds is 10. The molecular formula is C19H31N5OS. The SMILES string of the molecule is CCNC(=NCc1c(CC)noc1CC)NCCCCc1nc(C)cs1. The number of guanidine groups is 1. The summed E-state index contributed by atoms with van der Waals surface area (Å²) in [7, 11) is 0. The van der Waals surface area contributed by atoms with Crippen molar-refractivity contribution in [3.05, 3.63) is 33.1 Å². The predicted molar refractivity (Wildman–Crippen MR) is 108 cm³/mol. The number of nitrogens with zero attached hydrogens (tertiary/aromatic N) is 3. The molecule has 2 aromatic heterocycles. The third-order valence-electron chi connectivity index (χ3n) is 4.12. The Labute approximate surface area is 160 Å². The monoisotopic (exact) mass is 377 g/mol. The summed E-state index contributed by atoms with van der Waals surface area (Å²) in [5, 5.41) is 14.2. The van der Waals surface area contributed by atoms with E-state index in [9.17, 15) is 0 Å². The Morgan fingerprint density at radius 3 is 2.69 bits per heavy atom. The third-order valence-corrected chi connectivity index (χ3v) is 5.15. The molecule has 0 fully saturated rings. The Morgan fingerprint density at radius 1 is 1.19 bits per heavy atom. The van der Waals surface area contributed by atoms with Gasteiger partial charge in [-0.3, -0.25) is 0 Å². The van der Waals surface area contributed by atoms with Gasteiger partial charge in [0.2, 0.25) is 0 Å². The molecule has 0 saturated carbocycles. The summed E-state index contributed by atoms with van der Waals surface area (Å²) in [5.74, 6) is 1.79. The highest BCUT2D eigenvalue weighted by Crippen LogP contribution is 2.16. The first-order valence-electron chi connectivity index (χ1n) is 9.57. The van der Waals surface area contributed by atoms with Crippen LogP contribution in [0.15, 0.2) is 14.9 Å². The Balaban J connectivity index is 1.81. The van der Waals surface area contributed by atoms with Crippen molar-refractivity contribution in [2.24, 2.45) is 4.99 Å². The van der Waals surface area contributed by atoms with Gasteiger partial charge in [-0.15, -0.1) is 11.3 Å². The lowest BCUT2D eigenvalue weighted by molar-refractivity contribution is 0.380. The summed E-state index contributed by atoms with van der Waals surface area (Å²) < 4.78 is 5.42. The molecule has 2 heterocycles. The predicted octanol–water partition coefficient (Wildman–Crippen LogP) is 3.64. The molecule has 0 atom stereocenters. The summed E-state index contributed by atoms with van der Waals surface area (Å²) in [5.41, 5.74) is 3.27. The largest absolute Gasteiger partial charge is 0.361 e. The second kappa shape index (κ2) is 11.0. The van der Waals surface area contributed by atoms with Crippen LogP contribution >= 0.6 is 11.3 Å². The molecule has 0 spiro atoms. The number of hydrogen-bond acceptors (Lipinski definition) is 5. The number of aliphatic imine (C=N–C) groups is 1. The average Bonchev–Trinajstić information content (AvgIpc) is 3.24. The fraction of sp³-hybridized carbons (Fsp3) is 0.632. The van der Waals surface area contributed by atoms with Gasteiger partial charge in [-0.05, 0) is 39.5 Å². The summed E-state index contributed by atoms with van der Waals surface area (Å²) in [6, 6.07) is 0. The minimum atomic E-state index is 0.601. The van der Waals surface area contributed by atoms with Gasteiger partial charge in [-0.25, -0.2) is 9.98 Å². The Bertz CT molecular complexity index is 670. The number of hydrogen-bond donors (Lipinski definition) is 2. The van der Waals surface area contributed by atoms with Gasteiger partial charge in [0, 0.05) is 36.1 Å². The van der Waals surface area contributed by atoms with Gasteiger partial charge in [-0.1, -0.05) is 19.0 Å². The first-order valence-corrected chi connectivity index (χ1v) is 10.4. The molecule has 0 saturated heterocycles. The zero-order valence-electron chi connectivity index (χ0n) is 16.4. The maximum atomic E-state index is 5.42. The quantitative estimate of drug-likeness (QED) is 0.376. The van der Waals surface area contributed by atoms with Crippen molar-refractivity contribution in [1.82, 2.24) is 20.8 Å². The Morgan fingerprint density at radius 2 is 2.04 bits per heavy atom. The second-order valence-corrected chi connectivity index (χ2v) is 7.14. The maximum absolute atomic E-state index is 5.42. The first-order chi connectivity index (χ1) is 12.7. The highest BCUT2D eigenvalue weighted by molar-refractivity contribution is 7.09. The van der Waals surface area contributed by atoms with E-state index in [0.717, 1.165) is 73.9 Å². The fourth-order valence-corrected chi connectivity index (χ4v) is 3.56. The molecule has 0 aromatic carbocycles. The highest BCUT2D eigenvalue weighted by Gasteiger charge is 2.13. The van der Waals surface area contributed by atoms with Crippen molar-refractivity contribution in [3.63, 3.8) is 0 Å². The van der Waals surface area contributed by atoms with Crippen molar-refractivity contribution in [1.29, 1.82) is 0 Å². The molecule has 26 heavy (non-hydrogen) atoms. The molecule has 0 aliphatic heterocycles. The van der Waals surface area contributed by atoms with Crippen LogP contribution in [0.1, 0.15) is 61.3 Å². The highest BCUT2D eigenvalue weighted by atomic mass is 32.1. The minimum Gasteiger partial charge on any atom is -0.361 e. The number of nitrogens with one attached hydrogen (secondary N) is 2. The molecule has 0 aliphatic rings. The summed E-state index contributed by atoms with van der Waals surface area (Å²) in [6.45, 7) is 10.7. The van der Waals surface area contributed by atoms with E-state index in [4.69, 9.17) is 9.52 Å². The molecule has 6 nitrogen and oxygen atoms in total. The lowest BCUT2D eigenvalue weighted by Gasteiger charge is -2.11. The van der Waals surface area contributed by atoms with Gasteiger partial charge < -0.3 is 15.2 Å². The molecule has 0 aliphatic carbocycles. The van der Waals surface area contributed by atoms with E-state index < -0.39 is 0 Å². The van der Waals surface area contributed by atoms with Gasteiger partial charge in [0.05, 0.1) is 17.2 Å². The molecule has 0 unspecified atom stereocenters. The van der Waals surface area contributed by atoms with Gasteiger partial charge >= 0.3 is 0 Å². The average molecular weight is 378 g/mol. The van der Waals surface area contributed by atoms with E-state index in [1.54, 1.807) is 11.3 Å². The zero-order valence-corrected chi connectivity index (χ0v) is 17.2. The van der Waals surface area contributed by atoms with E-state index >= 15 is 0 Å². The van der Waals surface area contributed by atoms with Crippen molar-refractivity contribution < 1.29 is 4.52 Å². The van der Waals surface area contributed by atoms with Gasteiger partial charge in [0.15, 0.2) is 5.96 Å². The molecule has 0 bridgehead atoms. The van der Waals surface area contributed by atoms with Gasteiger partial charge in [0.25, 0.3) is 0 Å². The second-order valence-electron chi connectivity index (χ2n) is 6.20. The standard InChI is InChI=1S/C19H31N5OS/c1-5-16-15(17(6-2)25-24-16)12-22-19(20-7-3)21-11-9-8-10-18-23-14(4)13-26-18/h13H,5-12H2,1-4H3,(H2,20,21,22). The normalized spacial score (nSPS) is 11.8. The number of aromatic nitrogens is 2. The lowest BCUT2D eigenvalue weighted by atomic mass is 10.1. The molecule has 7 heteroatoms. The smallest absolute Gasteiger partial charge is 0.191 e. The van der Waals surface area contributed by atoms with E-state index in [2.05, 4.69) is 46.9 Å². The van der Waals surface area contributed by atoms with Crippen LogP contribution in [0.2, 0.25) is 0 Å². The van der Waals surface area contributed by atoms with E-state index in [1.807, 2.05) is 6.92 Å². The van der Waals surface area contributed by atoms with E-state index in [-0.39, 0.29) is 0 Å². The third kappa shape index (κ3) is 6.12. The molecular weight excluding hydrogens is 346 g/mol. The molecule has 2 aromatic rings. The number of aryl methyl sites for hydroxylation is 4. The topological polar surface area (TPSA) is 75.3 Å². The van der Waals surface area contributed by atoms with Crippen molar-refractivity contribution in [3.8, 4) is 0 Å². The zero-order chi connectivity index (χ0) is 18.8. The van der Waals surface area contributed by atoms with E-state index in [1.165, 1.54) is 5.01 Å². The maximum Gasteiger partial charge on any atom is 0.191 e. The van der Waals surface area contributed by atoms with Crippen molar-refractivity contribution in [2.45, 2.75) is 66.3 Å². The molecule has 0 amide bonds. The number of thiazole rings is 1. The van der Waals surface area contributed by atoms with Gasteiger partial charge in [0.1, 0.15) is 5.76 Å². The summed E-state index contributed by atoms with van der Waals surface area (Å²) in [4.78, 5) is 9.23.